The van der Waals surface area contributed by atoms with Crippen molar-refractivity contribution in [2.45, 2.75) is 76.9 Å². The molecule has 0 bridgehead atoms. The third-order valence-corrected chi connectivity index (χ3v) is 5.42. The molecule has 3 unspecified atom stereocenters. The average molecular weight is 504 g/mol. The third kappa shape index (κ3) is 9.35. The van der Waals surface area contributed by atoms with Gasteiger partial charge in [0, 0.05) is 13.5 Å². The highest BCUT2D eigenvalue weighted by atomic mass is 32.2. The molecule has 3 N–H and O–H groups in total. The molecule has 0 aromatic heterocycles. The maximum atomic E-state index is 12.9. The third-order valence-electron chi connectivity index (χ3n) is 4.75. The molecule has 0 radical (unpaired) electrons. The molecule has 0 aromatic rings. The van der Waals surface area contributed by atoms with Crippen molar-refractivity contribution in [3.05, 3.63) is 0 Å². The van der Waals surface area contributed by atoms with E-state index >= 15 is 0 Å². The van der Waals surface area contributed by atoms with E-state index in [9.17, 15) is 24.0 Å². The summed E-state index contributed by atoms with van der Waals surface area (Å²) < 4.78 is 16.8. The van der Waals surface area contributed by atoms with Crippen LogP contribution in [0.1, 0.15) is 47.0 Å². The molecule has 1 aliphatic heterocycles. The minimum Gasteiger partial charge on any atom is -0.463 e. The van der Waals surface area contributed by atoms with E-state index in [-0.39, 0.29) is 25.5 Å². The molecule has 1 saturated carbocycles. The van der Waals surface area contributed by atoms with Gasteiger partial charge in [0.25, 0.3) is 12.4 Å². The first-order valence-electron chi connectivity index (χ1n) is 10.9. The van der Waals surface area contributed by atoms with Crippen molar-refractivity contribution >= 4 is 42.5 Å². The van der Waals surface area contributed by atoms with Crippen LogP contribution in [-0.2, 0) is 32.8 Å². The second-order valence-corrected chi connectivity index (χ2v) is 9.97. The van der Waals surface area contributed by atoms with Crippen LogP contribution >= 0.6 is 12.2 Å². The Labute approximate surface area is 202 Å². The smallest absolute Gasteiger partial charge is 0.408 e. The average Bonchev–Trinajstić information content (AvgIpc) is 3.47. The largest absolute Gasteiger partial charge is 0.463 e. The first-order valence-corrected chi connectivity index (χ1v) is 11.6. The first kappa shape index (κ1) is 27.7. The van der Waals surface area contributed by atoms with Gasteiger partial charge >= 0.3 is 6.09 Å². The highest BCUT2D eigenvalue weighted by Gasteiger charge is 2.41. The van der Waals surface area contributed by atoms with E-state index in [4.69, 9.17) is 13.7 Å². The first-order chi connectivity index (χ1) is 15.9. The van der Waals surface area contributed by atoms with Crippen LogP contribution in [0.2, 0.25) is 0 Å². The van der Waals surface area contributed by atoms with Gasteiger partial charge in [-0.05, 0) is 40.5 Å². The second kappa shape index (κ2) is 12.2. The lowest BCUT2D eigenvalue weighted by Gasteiger charge is -2.26. The van der Waals surface area contributed by atoms with Crippen LogP contribution in [0.5, 0.6) is 0 Å². The minimum absolute atomic E-state index is 0.0237. The number of hydrazine groups is 1. The minimum atomic E-state index is -0.988. The molecular weight excluding hydrogens is 470 g/mol. The zero-order chi connectivity index (χ0) is 25.5. The SMILES string of the molecule is CC(NC(=O)C1CC(OC=O)CN1C(=O)CNC(=O)OC(C)(C)C)C(=O)NN(C)SOC1CC1. The lowest BCUT2D eigenvalue weighted by molar-refractivity contribution is -0.139. The van der Waals surface area contributed by atoms with Crippen molar-refractivity contribution in [1.82, 2.24) is 25.4 Å². The number of hydrogen-bond acceptors (Lipinski definition) is 10. The molecule has 2 fully saturated rings. The van der Waals surface area contributed by atoms with E-state index in [0.717, 1.165) is 25.1 Å². The maximum Gasteiger partial charge on any atom is 0.408 e. The molecule has 14 heteroatoms. The fourth-order valence-electron chi connectivity index (χ4n) is 3.00. The number of alkyl carbamates (subject to hydrolysis) is 1. The Hall–Kier alpha value is -2.58. The van der Waals surface area contributed by atoms with Crippen LogP contribution in [0, 0.1) is 0 Å². The summed E-state index contributed by atoms with van der Waals surface area (Å²) in [5.74, 6) is -1.63. The Balaban J connectivity index is 1.90. The van der Waals surface area contributed by atoms with Crippen LogP contribution in [0.3, 0.4) is 0 Å². The summed E-state index contributed by atoms with van der Waals surface area (Å²) in [6, 6.07) is -1.90. The van der Waals surface area contributed by atoms with Gasteiger partial charge in [-0.3, -0.25) is 28.8 Å². The van der Waals surface area contributed by atoms with Crippen LogP contribution < -0.4 is 16.1 Å². The summed E-state index contributed by atoms with van der Waals surface area (Å²) >= 11 is 0.999. The lowest BCUT2D eigenvalue weighted by atomic mass is 10.1. The molecule has 0 spiro atoms. The maximum absolute atomic E-state index is 12.9. The fourth-order valence-corrected chi connectivity index (χ4v) is 3.57. The number of nitrogens with one attached hydrogen (secondary N) is 3. The van der Waals surface area contributed by atoms with Crippen LogP contribution in [0.15, 0.2) is 0 Å². The van der Waals surface area contributed by atoms with Crippen molar-refractivity contribution in [3.63, 3.8) is 0 Å². The van der Waals surface area contributed by atoms with Crippen molar-refractivity contribution in [1.29, 1.82) is 0 Å². The van der Waals surface area contributed by atoms with E-state index in [0.29, 0.717) is 0 Å². The molecule has 2 rings (SSSR count). The van der Waals surface area contributed by atoms with Gasteiger partial charge in [-0.2, -0.15) is 0 Å². The zero-order valence-corrected chi connectivity index (χ0v) is 20.8. The van der Waals surface area contributed by atoms with Gasteiger partial charge in [0.05, 0.1) is 12.6 Å². The number of hydrogen-bond donors (Lipinski definition) is 3. The van der Waals surface area contributed by atoms with Crippen LogP contribution in [0.4, 0.5) is 4.79 Å². The number of amides is 4. The lowest BCUT2D eigenvalue weighted by Crippen LogP contribution is -2.54. The molecule has 2 aliphatic rings. The molecule has 13 nitrogen and oxygen atoms in total. The number of ether oxygens (including phenoxy) is 2. The van der Waals surface area contributed by atoms with Gasteiger partial charge in [0.15, 0.2) is 0 Å². The van der Waals surface area contributed by atoms with E-state index < -0.39 is 54.1 Å². The van der Waals surface area contributed by atoms with E-state index in [2.05, 4.69) is 16.1 Å². The second-order valence-electron chi connectivity index (χ2n) is 9.08. The van der Waals surface area contributed by atoms with E-state index in [1.807, 2.05) is 0 Å². The molecule has 0 aromatic carbocycles. The highest BCUT2D eigenvalue weighted by Crippen LogP contribution is 2.28. The predicted octanol–water partition coefficient (Wildman–Crippen LogP) is -0.136. The Morgan fingerprint density at radius 3 is 2.47 bits per heavy atom. The van der Waals surface area contributed by atoms with Gasteiger partial charge < -0.3 is 25.0 Å². The number of carbonyl (C=O) groups is 5. The van der Waals surface area contributed by atoms with E-state index in [1.165, 1.54) is 16.2 Å². The molecule has 4 amide bonds. The van der Waals surface area contributed by atoms with Gasteiger partial charge in [-0.15, -0.1) is 4.41 Å². The quantitative estimate of drug-likeness (QED) is 0.150. The highest BCUT2D eigenvalue weighted by molar-refractivity contribution is 7.92. The van der Waals surface area contributed by atoms with Crippen molar-refractivity contribution in [3.8, 4) is 0 Å². The fraction of sp³-hybridized carbons (Fsp3) is 0.750. The predicted molar refractivity (Wildman–Crippen MR) is 121 cm³/mol. The summed E-state index contributed by atoms with van der Waals surface area (Å²) in [7, 11) is 1.61. The Morgan fingerprint density at radius 1 is 1.21 bits per heavy atom. The van der Waals surface area contributed by atoms with Gasteiger partial charge in [0.1, 0.15) is 42.6 Å². The number of nitrogens with zero attached hydrogens (tertiary/aromatic N) is 2. The van der Waals surface area contributed by atoms with Crippen molar-refractivity contribution in [2.24, 2.45) is 0 Å². The normalized spacial score (nSPS) is 20.9. The van der Waals surface area contributed by atoms with E-state index in [1.54, 1.807) is 27.8 Å². The molecule has 3 atom stereocenters. The van der Waals surface area contributed by atoms with Crippen LogP contribution in [0.25, 0.3) is 0 Å². The zero-order valence-electron chi connectivity index (χ0n) is 20.0. The Kier molecular flexibility index (Phi) is 9.94. The van der Waals surface area contributed by atoms with Crippen LogP contribution in [-0.4, -0.2) is 89.6 Å². The topological polar surface area (TPSA) is 156 Å². The number of carbonyl (C=O) groups excluding carboxylic acids is 5. The van der Waals surface area contributed by atoms with Crippen molar-refractivity contribution in [2.75, 3.05) is 20.1 Å². The molecular formula is C20H33N5O8S. The molecule has 1 aliphatic carbocycles. The molecule has 1 heterocycles. The summed E-state index contributed by atoms with van der Waals surface area (Å²) in [4.78, 5) is 61.8. The summed E-state index contributed by atoms with van der Waals surface area (Å²) in [5, 5.41) is 4.92. The van der Waals surface area contributed by atoms with Gasteiger partial charge in [-0.25, -0.2) is 4.79 Å². The van der Waals surface area contributed by atoms with Gasteiger partial charge in [0.2, 0.25) is 11.8 Å². The molecule has 1 saturated heterocycles. The Morgan fingerprint density at radius 2 is 1.88 bits per heavy atom. The molecule has 34 heavy (non-hydrogen) atoms. The Bertz CT molecular complexity index is 773. The monoisotopic (exact) mass is 503 g/mol. The summed E-state index contributed by atoms with van der Waals surface area (Å²) in [6.07, 6.45) is 0.755. The molecule has 192 valence electrons. The standard InChI is InChI=1S/C20H33N5O8S/c1-12(17(28)23-24(5)34-33-13-6-7-13)22-18(29)15-8-14(31-11-26)10-25(15)16(27)9-21-19(30)32-20(2,3)4/h11-15H,6-10H2,1-5H3,(H,21,30)(H,22,29)(H,23,28). The summed E-state index contributed by atoms with van der Waals surface area (Å²) in [5.41, 5.74) is 1.84. The number of likely N-dealkylation sites (tertiary alicyclic amines) is 1. The van der Waals surface area contributed by atoms with Crippen molar-refractivity contribution < 1.29 is 37.6 Å². The number of rotatable bonds is 11. The van der Waals surface area contributed by atoms with Gasteiger partial charge in [-0.1, -0.05) is 0 Å². The summed E-state index contributed by atoms with van der Waals surface area (Å²) in [6.45, 7) is 6.37.